The lowest BCUT2D eigenvalue weighted by atomic mass is 9.82. The Morgan fingerprint density at radius 3 is 2.24 bits per heavy atom. The number of piperazine rings is 1. The Bertz CT molecular complexity index is 455. The van der Waals surface area contributed by atoms with Crippen LogP contribution in [0, 0.1) is 0 Å². The lowest BCUT2D eigenvalue weighted by Crippen LogP contribution is -2.52. The van der Waals surface area contributed by atoms with Gasteiger partial charge < -0.3 is 10.0 Å². The second-order valence-corrected chi connectivity index (χ2v) is 6.12. The van der Waals surface area contributed by atoms with E-state index >= 15 is 0 Å². The number of hydrogen-bond donors (Lipinski definition) is 1. The summed E-state index contributed by atoms with van der Waals surface area (Å²) in [5.74, 6) is -0.746. The van der Waals surface area contributed by atoms with Crippen molar-refractivity contribution < 1.29 is 9.90 Å². The molecule has 0 saturated carbocycles. The number of hydrogen-bond acceptors (Lipinski definition) is 3. The molecule has 0 bridgehead atoms. The van der Waals surface area contributed by atoms with Crippen LogP contribution in [0.2, 0.25) is 0 Å². The highest BCUT2D eigenvalue weighted by molar-refractivity contribution is 5.81. The second-order valence-electron chi connectivity index (χ2n) is 6.12. The molecular formula is C17H26N2O2. The zero-order chi connectivity index (χ0) is 15.3. The van der Waals surface area contributed by atoms with Crippen molar-refractivity contribution in [3.05, 3.63) is 35.9 Å². The van der Waals surface area contributed by atoms with Gasteiger partial charge in [-0.2, -0.15) is 0 Å². The van der Waals surface area contributed by atoms with Gasteiger partial charge in [0.15, 0.2) is 0 Å². The van der Waals surface area contributed by atoms with Gasteiger partial charge in [0.05, 0.1) is 0 Å². The highest BCUT2D eigenvalue weighted by atomic mass is 16.4. The van der Waals surface area contributed by atoms with Crippen LogP contribution < -0.4 is 0 Å². The minimum atomic E-state index is -0.839. The van der Waals surface area contributed by atoms with Gasteiger partial charge in [-0.3, -0.25) is 9.69 Å². The third-order valence-electron chi connectivity index (χ3n) is 4.43. The summed E-state index contributed by atoms with van der Waals surface area (Å²) in [5.41, 5.74) is 0.0438. The summed E-state index contributed by atoms with van der Waals surface area (Å²) >= 11 is 0. The van der Waals surface area contributed by atoms with Crippen molar-refractivity contribution in [1.29, 1.82) is 0 Å². The van der Waals surface area contributed by atoms with E-state index < -0.39 is 11.4 Å². The molecule has 1 aromatic rings. The highest BCUT2D eigenvalue weighted by Crippen LogP contribution is 2.26. The smallest absolute Gasteiger partial charge is 0.315 e. The normalized spacial score (nSPS) is 20.1. The molecule has 2 rings (SSSR count). The lowest BCUT2D eigenvalue weighted by Gasteiger charge is -2.38. The Hall–Kier alpha value is -1.39. The zero-order valence-corrected chi connectivity index (χ0v) is 13.1. The molecule has 1 atom stereocenters. The summed E-state index contributed by atoms with van der Waals surface area (Å²) in [6, 6.07) is 9.59. The molecule has 4 heteroatoms. The molecule has 0 aromatic heterocycles. The maximum atomic E-state index is 11.8. The van der Waals surface area contributed by atoms with Gasteiger partial charge in [0.2, 0.25) is 0 Å². The predicted molar refractivity (Wildman–Crippen MR) is 84.6 cm³/mol. The first-order valence-electron chi connectivity index (χ1n) is 7.80. The average molecular weight is 290 g/mol. The Morgan fingerprint density at radius 1 is 1.14 bits per heavy atom. The van der Waals surface area contributed by atoms with Crippen molar-refractivity contribution in [2.75, 3.05) is 39.3 Å². The number of benzene rings is 1. The quantitative estimate of drug-likeness (QED) is 0.871. The van der Waals surface area contributed by atoms with Gasteiger partial charge in [-0.05, 0) is 25.5 Å². The fourth-order valence-corrected chi connectivity index (χ4v) is 3.02. The van der Waals surface area contributed by atoms with Crippen LogP contribution >= 0.6 is 0 Å². The van der Waals surface area contributed by atoms with Gasteiger partial charge in [0, 0.05) is 32.7 Å². The van der Waals surface area contributed by atoms with Crippen molar-refractivity contribution in [3.63, 3.8) is 0 Å². The van der Waals surface area contributed by atoms with Gasteiger partial charge in [0.25, 0.3) is 0 Å². The van der Waals surface area contributed by atoms with E-state index in [0.717, 1.165) is 38.3 Å². The molecule has 4 nitrogen and oxygen atoms in total. The van der Waals surface area contributed by atoms with Crippen LogP contribution in [0.4, 0.5) is 0 Å². The third kappa shape index (κ3) is 3.83. The molecule has 1 aromatic carbocycles. The van der Waals surface area contributed by atoms with E-state index in [0.29, 0.717) is 6.54 Å². The van der Waals surface area contributed by atoms with Crippen LogP contribution in [0.25, 0.3) is 0 Å². The van der Waals surface area contributed by atoms with E-state index in [-0.39, 0.29) is 0 Å². The molecule has 0 radical (unpaired) electrons. The van der Waals surface area contributed by atoms with E-state index in [2.05, 4.69) is 16.7 Å². The van der Waals surface area contributed by atoms with Crippen LogP contribution in [0.15, 0.2) is 30.3 Å². The van der Waals surface area contributed by atoms with Crippen molar-refractivity contribution in [3.8, 4) is 0 Å². The second kappa shape index (κ2) is 7.05. The fraction of sp³-hybridized carbons (Fsp3) is 0.588. The van der Waals surface area contributed by atoms with E-state index in [1.807, 2.05) is 37.3 Å². The van der Waals surface area contributed by atoms with Gasteiger partial charge in [-0.15, -0.1) is 0 Å². The largest absolute Gasteiger partial charge is 0.481 e. The number of carboxylic acids is 1. The average Bonchev–Trinajstić information content (AvgIpc) is 2.50. The standard InChI is InChI=1S/C17H26N2O2/c1-3-9-18-10-12-19(13-11-18)14-17(2,16(20)21)15-7-5-4-6-8-15/h4-8H,3,9-14H2,1-2H3,(H,20,21). The third-order valence-corrected chi connectivity index (χ3v) is 4.43. The van der Waals surface area contributed by atoms with Crippen molar-refractivity contribution in [1.82, 2.24) is 9.80 Å². The SMILES string of the molecule is CCCN1CCN(CC(C)(C(=O)O)c2ccccc2)CC1. The molecule has 1 unspecified atom stereocenters. The summed E-state index contributed by atoms with van der Waals surface area (Å²) in [7, 11) is 0. The maximum absolute atomic E-state index is 11.8. The Labute approximate surface area is 127 Å². The topological polar surface area (TPSA) is 43.8 Å². The molecule has 1 heterocycles. The minimum absolute atomic E-state index is 0.576. The molecule has 0 aliphatic carbocycles. The summed E-state index contributed by atoms with van der Waals surface area (Å²) in [5, 5.41) is 9.72. The number of nitrogens with zero attached hydrogens (tertiary/aromatic N) is 2. The number of rotatable bonds is 6. The van der Waals surface area contributed by atoms with Crippen LogP contribution in [0.3, 0.4) is 0 Å². The maximum Gasteiger partial charge on any atom is 0.315 e. The summed E-state index contributed by atoms with van der Waals surface area (Å²) < 4.78 is 0. The molecule has 0 spiro atoms. The van der Waals surface area contributed by atoms with E-state index in [1.165, 1.54) is 6.42 Å². The molecule has 1 aliphatic rings. The molecule has 1 aliphatic heterocycles. The lowest BCUT2D eigenvalue weighted by molar-refractivity contribution is -0.144. The van der Waals surface area contributed by atoms with Gasteiger partial charge >= 0.3 is 5.97 Å². The zero-order valence-electron chi connectivity index (χ0n) is 13.1. The summed E-state index contributed by atoms with van der Waals surface area (Å²) in [6.45, 7) is 9.74. The fourth-order valence-electron chi connectivity index (χ4n) is 3.02. The summed E-state index contributed by atoms with van der Waals surface area (Å²) in [6.07, 6.45) is 1.18. The van der Waals surface area contributed by atoms with Gasteiger partial charge in [-0.1, -0.05) is 37.3 Å². The molecule has 1 fully saturated rings. The Morgan fingerprint density at radius 2 is 1.71 bits per heavy atom. The van der Waals surface area contributed by atoms with E-state index in [9.17, 15) is 9.90 Å². The monoisotopic (exact) mass is 290 g/mol. The molecule has 0 amide bonds. The van der Waals surface area contributed by atoms with Crippen molar-refractivity contribution in [2.24, 2.45) is 0 Å². The molecule has 21 heavy (non-hydrogen) atoms. The van der Waals surface area contributed by atoms with E-state index in [4.69, 9.17) is 0 Å². The number of carbonyl (C=O) groups is 1. The molecule has 1 N–H and O–H groups in total. The Kier molecular flexibility index (Phi) is 5.37. The van der Waals surface area contributed by atoms with Crippen molar-refractivity contribution in [2.45, 2.75) is 25.7 Å². The molecule has 116 valence electrons. The Balaban J connectivity index is 2.03. The van der Waals surface area contributed by atoms with Gasteiger partial charge in [0.1, 0.15) is 5.41 Å². The first kappa shape index (κ1) is 16.0. The first-order valence-corrected chi connectivity index (χ1v) is 7.80. The minimum Gasteiger partial charge on any atom is -0.481 e. The van der Waals surface area contributed by atoms with E-state index in [1.54, 1.807) is 0 Å². The predicted octanol–water partition coefficient (Wildman–Crippen LogP) is 2.06. The van der Waals surface area contributed by atoms with Crippen LogP contribution in [0.1, 0.15) is 25.8 Å². The van der Waals surface area contributed by atoms with Gasteiger partial charge in [-0.25, -0.2) is 0 Å². The first-order chi connectivity index (χ1) is 10.1. The summed E-state index contributed by atoms with van der Waals surface area (Å²) in [4.78, 5) is 16.6. The van der Waals surface area contributed by atoms with Crippen LogP contribution in [-0.4, -0.2) is 60.1 Å². The number of carboxylic acid groups (broad SMARTS) is 1. The number of aliphatic carboxylic acids is 1. The highest BCUT2D eigenvalue weighted by Gasteiger charge is 2.37. The van der Waals surface area contributed by atoms with Crippen LogP contribution in [0.5, 0.6) is 0 Å². The van der Waals surface area contributed by atoms with Crippen LogP contribution in [-0.2, 0) is 10.2 Å². The molecular weight excluding hydrogens is 264 g/mol. The van der Waals surface area contributed by atoms with Crippen molar-refractivity contribution >= 4 is 5.97 Å². The molecule has 1 saturated heterocycles.